The minimum atomic E-state index is -0.435. The number of anilines is 1. The maximum atomic E-state index is 12.7. The number of nitrogens with one attached hydrogen (secondary N) is 1. The second-order valence-corrected chi connectivity index (χ2v) is 9.98. The van der Waals surface area contributed by atoms with E-state index >= 15 is 0 Å². The van der Waals surface area contributed by atoms with Crippen molar-refractivity contribution in [1.82, 2.24) is 14.8 Å². The number of carbonyl (C=O) groups excluding carboxylic acids is 2. The van der Waals surface area contributed by atoms with E-state index in [0.29, 0.717) is 28.1 Å². The molecule has 2 aromatic heterocycles. The molecule has 3 aromatic rings. The molecule has 1 amide bonds. The number of aryl methyl sites for hydroxylation is 2. The standard InChI is InChI=1S/C25H30N4O4S2/c1-7-13-29-22(17(5)33-19-12-10-9-11-15(19)3)27-28-25(29)34-14-20(30)26-23-21(24(31)32-8-2)16(4)18(6)35-23/h7,9-12,17H,1,8,13-14H2,2-6H3,(H,26,30). The zero-order valence-corrected chi connectivity index (χ0v) is 22.2. The molecule has 0 aliphatic carbocycles. The molecule has 0 saturated heterocycles. The maximum absolute atomic E-state index is 12.7. The van der Waals surface area contributed by atoms with Gasteiger partial charge in [0, 0.05) is 11.4 Å². The Hall–Kier alpha value is -3.11. The number of thiophene rings is 1. The topological polar surface area (TPSA) is 95.3 Å². The van der Waals surface area contributed by atoms with E-state index in [1.807, 2.05) is 56.5 Å². The average Bonchev–Trinajstić information content (AvgIpc) is 3.34. The molecule has 0 aliphatic heterocycles. The van der Waals surface area contributed by atoms with Crippen molar-refractivity contribution in [3.63, 3.8) is 0 Å². The molecule has 3 rings (SSSR count). The lowest BCUT2D eigenvalue weighted by Gasteiger charge is -2.17. The van der Waals surface area contributed by atoms with Crippen LogP contribution in [0.4, 0.5) is 5.00 Å². The molecule has 2 heterocycles. The lowest BCUT2D eigenvalue weighted by Crippen LogP contribution is -2.17. The van der Waals surface area contributed by atoms with E-state index in [1.165, 1.54) is 23.1 Å². The Labute approximate surface area is 213 Å². The highest BCUT2D eigenvalue weighted by Crippen LogP contribution is 2.33. The fourth-order valence-corrected chi connectivity index (χ4v) is 5.22. The number of allylic oxidation sites excluding steroid dienone is 1. The van der Waals surface area contributed by atoms with Crippen molar-refractivity contribution in [2.45, 2.75) is 52.4 Å². The zero-order chi connectivity index (χ0) is 25.5. The number of aromatic nitrogens is 3. The van der Waals surface area contributed by atoms with Crippen molar-refractivity contribution >= 4 is 40.0 Å². The van der Waals surface area contributed by atoms with E-state index in [0.717, 1.165) is 21.8 Å². The minimum absolute atomic E-state index is 0.0978. The van der Waals surface area contributed by atoms with Crippen molar-refractivity contribution < 1.29 is 19.1 Å². The van der Waals surface area contributed by atoms with Gasteiger partial charge in [0.2, 0.25) is 5.91 Å². The molecular weight excluding hydrogens is 484 g/mol. The van der Waals surface area contributed by atoms with Crippen molar-refractivity contribution in [3.8, 4) is 5.75 Å². The maximum Gasteiger partial charge on any atom is 0.341 e. The smallest absolute Gasteiger partial charge is 0.341 e. The number of benzene rings is 1. The Morgan fingerprint density at radius 2 is 2.00 bits per heavy atom. The van der Waals surface area contributed by atoms with Crippen LogP contribution in [0.15, 0.2) is 42.1 Å². The number of para-hydroxylation sites is 1. The predicted molar refractivity (Wildman–Crippen MR) is 140 cm³/mol. The van der Waals surface area contributed by atoms with Crippen LogP contribution in [0.3, 0.4) is 0 Å². The third kappa shape index (κ3) is 6.32. The highest BCUT2D eigenvalue weighted by Gasteiger charge is 2.23. The number of hydrogen-bond donors (Lipinski definition) is 1. The number of hydrogen-bond acceptors (Lipinski definition) is 8. The number of esters is 1. The summed E-state index contributed by atoms with van der Waals surface area (Å²) < 4.78 is 13.2. The highest BCUT2D eigenvalue weighted by molar-refractivity contribution is 7.99. The molecule has 10 heteroatoms. The van der Waals surface area contributed by atoms with Crippen molar-refractivity contribution in [2.24, 2.45) is 0 Å². The molecule has 186 valence electrons. The van der Waals surface area contributed by atoms with Crippen molar-refractivity contribution in [1.29, 1.82) is 0 Å². The number of carbonyl (C=O) groups is 2. The Morgan fingerprint density at radius 1 is 1.26 bits per heavy atom. The van der Waals surface area contributed by atoms with Crippen LogP contribution in [-0.2, 0) is 16.1 Å². The molecule has 35 heavy (non-hydrogen) atoms. The SMILES string of the molecule is C=CCn1c(SCC(=O)Nc2sc(C)c(C)c2C(=O)OCC)nnc1C(C)Oc1ccccc1C. The summed E-state index contributed by atoms with van der Waals surface area (Å²) in [7, 11) is 0. The van der Waals surface area contributed by atoms with E-state index in [4.69, 9.17) is 9.47 Å². The first kappa shape index (κ1) is 26.5. The summed E-state index contributed by atoms with van der Waals surface area (Å²) in [6.07, 6.45) is 1.40. The molecule has 0 saturated carbocycles. The summed E-state index contributed by atoms with van der Waals surface area (Å²) in [5.74, 6) is 0.836. The summed E-state index contributed by atoms with van der Waals surface area (Å²) in [6.45, 7) is 14.0. The Kier molecular flexibility index (Phi) is 9.11. The van der Waals surface area contributed by atoms with Gasteiger partial charge in [-0.1, -0.05) is 36.0 Å². The van der Waals surface area contributed by atoms with Crippen LogP contribution in [0.1, 0.15) is 52.1 Å². The van der Waals surface area contributed by atoms with E-state index in [1.54, 1.807) is 13.0 Å². The predicted octanol–water partition coefficient (Wildman–Crippen LogP) is 5.50. The highest BCUT2D eigenvalue weighted by atomic mass is 32.2. The van der Waals surface area contributed by atoms with Crippen LogP contribution in [0, 0.1) is 20.8 Å². The normalized spacial score (nSPS) is 11.7. The summed E-state index contributed by atoms with van der Waals surface area (Å²) in [4.78, 5) is 26.1. The molecule has 1 N–H and O–H groups in total. The lowest BCUT2D eigenvalue weighted by molar-refractivity contribution is -0.113. The summed E-state index contributed by atoms with van der Waals surface area (Å²) >= 11 is 2.62. The quantitative estimate of drug-likeness (QED) is 0.205. The number of nitrogens with zero attached hydrogens (tertiary/aromatic N) is 3. The monoisotopic (exact) mass is 514 g/mol. The molecule has 0 radical (unpaired) electrons. The summed E-state index contributed by atoms with van der Waals surface area (Å²) in [6, 6.07) is 7.79. The molecule has 0 bridgehead atoms. The van der Waals surface area contributed by atoms with Crippen LogP contribution < -0.4 is 10.1 Å². The molecular formula is C25H30N4O4S2. The van der Waals surface area contributed by atoms with Crippen LogP contribution in [0.5, 0.6) is 5.75 Å². The Bertz CT molecular complexity index is 1220. The summed E-state index contributed by atoms with van der Waals surface area (Å²) in [5.41, 5.74) is 2.25. The van der Waals surface area contributed by atoms with Crippen LogP contribution >= 0.6 is 23.1 Å². The third-order valence-corrected chi connectivity index (χ3v) is 7.36. The second-order valence-electron chi connectivity index (χ2n) is 7.81. The first-order valence-electron chi connectivity index (χ1n) is 11.2. The van der Waals surface area contributed by atoms with Gasteiger partial charge in [-0.3, -0.25) is 9.36 Å². The van der Waals surface area contributed by atoms with Gasteiger partial charge in [-0.15, -0.1) is 28.1 Å². The molecule has 0 fully saturated rings. The van der Waals surface area contributed by atoms with Gasteiger partial charge < -0.3 is 14.8 Å². The van der Waals surface area contributed by atoms with Crippen LogP contribution in [0.25, 0.3) is 0 Å². The largest absolute Gasteiger partial charge is 0.482 e. The van der Waals surface area contributed by atoms with E-state index in [2.05, 4.69) is 22.1 Å². The van der Waals surface area contributed by atoms with Gasteiger partial charge in [-0.2, -0.15) is 0 Å². The first-order chi connectivity index (χ1) is 16.8. The van der Waals surface area contributed by atoms with Gasteiger partial charge >= 0.3 is 5.97 Å². The third-order valence-electron chi connectivity index (χ3n) is 5.27. The zero-order valence-electron chi connectivity index (χ0n) is 20.6. The lowest BCUT2D eigenvalue weighted by atomic mass is 10.1. The van der Waals surface area contributed by atoms with Gasteiger partial charge in [0.15, 0.2) is 17.1 Å². The Morgan fingerprint density at radius 3 is 2.69 bits per heavy atom. The Balaban J connectivity index is 1.71. The van der Waals surface area contributed by atoms with Gasteiger partial charge in [-0.25, -0.2) is 4.79 Å². The molecule has 1 atom stereocenters. The molecule has 1 unspecified atom stereocenters. The average molecular weight is 515 g/mol. The summed E-state index contributed by atoms with van der Waals surface area (Å²) in [5, 5.41) is 12.5. The minimum Gasteiger partial charge on any atom is -0.482 e. The number of amides is 1. The fourth-order valence-electron chi connectivity index (χ4n) is 3.40. The van der Waals surface area contributed by atoms with Gasteiger partial charge in [-0.05, 0) is 51.8 Å². The molecule has 1 aromatic carbocycles. The van der Waals surface area contributed by atoms with Gasteiger partial charge in [0.1, 0.15) is 10.8 Å². The van der Waals surface area contributed by atoms with Gasteiger partial charge in [0.25, 0.3) is 0 Å². The van der Waals surface area contributed by atoms with E-state index < -0.39 is 5.97 Å². The van der Waals surface area contributed by atoms with E-state index in [-0.39, 0.29) is 24.4 Å². The van der Waals surface area contributed by atoms with Gasteiger partial charge in [0.05, 0.1) is 17.9 Å². The first-order valence-corrected chi connectivity index (χ1v) is 13.0. The van der Waals surface area contributed by atoms with Crippen LogP contribution in [0.2, 0.25) is 0 Å². The number of thioether (sulfide) groups is 1. The molecule has 8 nitrogen and oxygen atoms in total. The number of rotatable bonds is 11. The molecule has 0 spiro atoms. The second kappa shape index (κ2) is 12.0. The van der Waals surface area contributed by atoms with Crippen molar-refractivity contribution in [3.05, 3.63) is 64.3 Å². The fraction of sp³-hybridized carbons (Fsp3) is 0.360. The molecule has 0 aliphatic rings. The van der Waals surface area contributed by atoms with E-state index in [9.17, 15) is 9.59 Å². The number of ether oxygens (including phenoxy) is 2. The van der Waals surface area contributed by atoms with Crippen molar-refractivity contribution in [2.75, 3.05) is 17.7 Å². The van der Waals surface area contributed by atoms with Crippen LogP contribution in [-0.4, -0.2) is 39.0 Å².